The van der Waals surface area contributed by atoms with Gasteiger partial charge in [-0.15, -0.1) is 0 Å². The number of guanidine groups is 1. The number of allylic oxidation sites excluding steroid dienone is 1. The smallest absolute Gasteiger partial charge is 0.353 e. The Morgan fingerprint density at radius 1 is 1.23 bits per heavy atom. The fourth-order valence-electron chi connectivity index (χ4n) is 4.82. The van der Waals surface area contributed by atoms with Crippen molar-refractivity contribution in [2.24, 2.45) is 0 Å². The van der Waals surface area contributed by atoms with Crippen molar-refractivity contribution in [3.63, 3.8) is 0 Å². The van der Waals surface area contributed by atoms with Gasteiger partial charge in [-0.2, -0.15) is 0 Å². The highest BCUT2D eigenvalue weighted by Gasteiger charge is 2.53. The van der Waals surface area contributed by atoms with Crippen LogP contribution in [0.1, 0.15) is 71.6 Å². The molecule has 0 aromatic rings. The lowest BCUT2D eigenvalue weighted by Gasteiger charge is -2.40. The largest absolute Gasteiger partial charge is 0.465 e. The van der Waals surface area contributed by atoms with Gasteiger partial charge in [0.25, 0.3) is 0 Å². The molecule has 0 aromatic carbocycles. The molecular formula is C20H34N3O3+. The van der Waals surface area contributed by atoms with E-state index in [9.17, 15) is 4.79 Å². The van der Waals surface area contributed by atoms with Gasteiger partial charge in [0.05, 0.1) is 18.8 Å². The van der Waals surface area contributed by atoms with Crippen molar-refractivity contribution >= 4 is 11.9 Å². The predicted octanol–water partition coefficient (Wildman–Crippen LogP) is 2.63. The van der Waals surface area contributed by atoms with Gasteiger partial charge in [-0.3, -0.25) is 4.58 Å². The molecule has 1 fully saturated rings. The minimum atomic E-state index is -0.312. The van der Waals surface area contributed by atoms with Crippen molar-refractivity contribution < 1.29 is 18.8 Å². The van der Waals surface area contributed by atoms with E-state index in [4.69, 9.17) is 9.47 Å². The molecule has 0 spiro atoms. The molecule has 0 aliphatic carbocycles. The van der Waals surface area contributed by atoms with E-state index >= 15 is 0 Å². The lowest BCUT2D eigenvalue weighted by Crippen LogP contribution is -2.65. The molecule has 0 bridgehead atoms. The zero-order chi connectivity index (χ0) is 18.7. The third-order valence-electron chi connectivity index (χ3n) is 6.20. The second-order valence-electron chi connectivity index (χ2n) is 7.85. The van der Waals surface area contributed by atoms with Crippen LogP contribution in [0.25, 0.3) is 0 Å². The quantitative estimate of drug-likeness (QED) is 0.394. The van der Waals surface area contributed by atoms with E-state index in [1.54, 1.807) is 0 Å². The molecule has 3 rings (SSSR count). The van der Waals surface area contributed by atoms with Crippen LogP contribution in [0.2, 0.25) is 0 Å². The van der Waals surface area contributed by atoms with Crippen molar-refractivity contribution in [3.05, 3.63) is 11.3 Å². The lowest BCUT2D eigenvalue weighted by atomic mass is 9.93. The highest BCUT2D eigenvalue weighted by Crippen LogP contribution is 2.37. The molecule has 1 saturated heterocycles. The molecule has 0 unspecified atom stereocenters. The van der Waals surface area contributed by atoms with Gasteiger partial charge in [0.1, 0.15) is 11.6 Å². The summed E-state index contributed by atoms with van der Waals surface area (Å²) in [5.41, 5.74) is 1.34. The van der Waals surface area contributed by atoms with Crippen molar-refractivity contribution in [2.75, 3.05) is 14.2 Å². The van der Waals surface area contributed by atoms with Gasteiger partial charge in [0, 0.05) is 20.0 Å². The van der Waals surface area contributed by atoms with E-state index < -0.39 is 0 Å². The summed E-state index contributed by atoms with van der Waals surface area (Å²) in [6.07, 6.45) is 10.3. The number of rotatable bonds is 8. The third-order valence-corrected chi connectivity index (χ3v) is 6.20. The lowest BCUT2D eigenvalue weighted by molar-refractivity contribution is -0.585. The number of methoxy groups -OCH3 is 2. The summed E-state index contributed by atoms with van der Waals surface area (Å²) in [4.78, 5) is 12.2. The minimum Gasteiger partial charge on any atom is -0.465 e. The molecule has 0 amide bonds. The van der Waals surface area contributed by atoms with Crippen molar-refractivity contribution in [3.8, 4) is 0 Å². The van der Waals surface area contributed by atoms with Crippen LogP contribution in [0.5, 0.6) is 0 Å². The highest BCUT2D eigenvalue weighted by atomic mass is 16.5. The van der Waals surface area contributed by atoms with Gasteiger partial charge >= 0.3 is 11.9 Å². The van der Waals surface area contributed by atoms with E-state index in [0.29, 0.717) is 6.04 Å². The second-order valence-corrected chi connectivity index (χ2v) is 7.85. The Labute approximate surface area is 157 Å². The fraction of sp³-hybridized carbons (Fsp3) is 0.800. The number of esters is 1. The molecule has 0 radical (unpaired) electrons. The van der Waals surface area contributed by atoms with Gasteiger partial charge in [-0.1, -0.05) is 32.6 Å². The number of hydrogen-bond donors (Lipinski definition) is 2. The van der Waals surface area contributed by atoms with Gasteiger partial charge in [-0.25, -0.2) is 15.4 Å². The van der Waals surface area contributed by atoms with Crippen LogP contribution in [0, 0.1) is 0 Å². The third kappa shape index (κ3) is 3.48. The molecule has 3 aliphatic rings. The molecule has 3 atom stereocenters. The van der Waals surface area contributed by atoms with Crippen LogP contribution < -0.4 is 10.6 Å². The first-order valence-electron chi connectivity index (χ1n) is 10.1. The summed E-state index contributed by atoms with van der Waals surface area (Å²) in [5, 5.41) is 7.06. The van der Waals surface area contributed by atoms with Crippen molar-refractivity contribution in [1.82, 2.24) is 10.6 Å². The second kappa shape index (κ2) is 7.99. The zero-order valence-electron chi connectivity index (χ0n) is 16.7. The normalized spacial score (nSPS) is 30.0. The predicted molar refractivity (Wildman–Crippen MR) is 101 cm³/mol. The molecule has 146 valence electrons. The number of carbonyl (C=O) groups excluding carboxylic acids is 1. The number of unbranched alkanes of at least 4 members (excludes halogenated alkanes) is 4. The van der Waals surface area contributed by atoms with Gasteiger partial charge < -0.3 is 9.47 Å². The summed E-state index contributed by atoms with van der Waals surface area (Å²) in [6, 6.07) is 0.503. The molecule has 0 saturated carbocycles. The van der Waals surface area contributed by atoms with Crippen LogP contribution in [0.4, 0.5) is 0 Å². The average Bonchev–Trinajstić information content (AvgIpc) is 3.05. The zero-order valence-corrected chi connectivity index (χ0v) is 16.7. The Hall–Kier alpha value is -1.56. The van der Waals surface area contributed by atoms with E-state index in [2.05, 4.69) is 22.1 Å². The molecule has 2 N–H and O–H groups in total. The number of ether oxygens (including phenoxy) is 2. The molecule has 6 nitrogen and oxygen atoms in total. The Morgan fingerprint density at radius 3 is 2.69 bits per heavy atom. The van der Waals surface area contributed by atoms with Gasteiger partial charge in [0.15, 0.2) is 5.72 Å². The maximum absolute atomic E-state index is 12.2. The maximum Gasteiger partial charge on any atom is 0.353 e. The number of nitrogens with one attached hydrogen (secondary N) is 2. The SMILES string of the molecule is CCCCCCC[C@@]1(OC)C[C@H]2CC[C@H]3C(C(=O)OC)=C(C)NC(=[N+]23)N1. The Bertz CT molecular complexity index is 613. The summed E-state index contributed by atoms with van der Waals surface area (Å²) in [5.74, 6) is 0.767. The number of hydrogen-bond acceptors (Lipinski definition) is 5. The standard InChI is InChI=1S/C20H33N3O3/c1-5-6-7-8-9-12-20(26-4)13-15-10-11-16-17(18(24)25-3)14(2)21-19(22-20)23(15)16/h15-16H,5-13H2,1-4H3,(H,21,22,24)/p+1/t15-,16+,20-/m1/s1. The molecular weight excluding hydrogens is 330 g/mol. The van der Waals surface area contributed by atoms with E-state index in [1.165, 1.54) is 39.2 Å². The molecule has 3 heterocycles. The van der Waals surface area contributed by atoms with Crippen LogP contribution >= 0.6 is 0 Å². The monoisotopic (exact) mass is 364 g/mol. The Kier molecular flexibility index (Phi) is 5.90. The molecule has 26 heavy (non-hydrogen) atoms. The average molecular weight is 365 g/mol. The topological polar surface area (TPSA) is 62.6 Å². The van der Waals surface area contributed by atoms with E-state index in [0.717, 1.165) is 42.9 Å². The first-order chi connectivity index (χ1) is 12.5. The van der Waals surface area contributed by atoms with Crippen molar-refractivity contribution in [2.45, 2.75) is 89.4 Å². The number of nitrogens with zero attached hydrogens (tertiary/aromatic N) is 1. The van der Waals surface area contributed by atoms with Gasteiger partial charge in [0.2, 0.25) is 0 Å². The summed E-state index contributed by atoms with van der Waals surface area (Å²) < 4.78 is 13.4. The van der Waals surface area contributed by atoms with Crippen LogP contribution in [0.3, 0.4) is 0 Å². The van der Waals surface area contributed by atoms with Crippen molar-refractivity contribution in [1.29, 1.82) is 0 Å². The Balaban J connectivity index is 1.75. The first-order valence-corrected chi connectivity index (χ1v) is 10.1. The highest BCUT2D eigenvalue weighted by molar-refractivity contribution is 5.93. The van der Waals surface area contributed by atoms with Crippen LogP contribution in [0.15, 0.2) is 11.3 Å². The fourth-order valence-corrected chi connectivity index (χ4v) is 4.82. The summed E-state index contributed by atoms with van der Waals surface area (Å²) in [6.45, 7) is 4.20. The van der Waals surface area contributed by atoms with Crippen LogP contribution in [-0.4, -0.2) is 48.5 Å². The number of carbonyl (C=O) groups is 1. The molecule has 3 aliphatic heterocycles. The van der Waals surface area contributed by atoms with E-state index in [-0.39, 0.29) is 17.7 Å². The molecule has 6 heteroatoms. The maximum atomic E-state index is 12.2. The van der Waals surface area contributed by atoms with Gasteiger partial charge in [-0.05, 0) is 26.2 Å². The van der Waals surface area contributed by atoms with Crippen LogP contribution in [-0.2, 0) is 14.3 Å². The van der Waals surface area contributed by atoms with E-state index in [1.807, 2.05) is 14.0 Å². The summed E-state index contributed by atoms with van der Waals surface area (Å²) in [7, 11) is 3.27. The Morgan fingerprint density at radius 2 is 2.00 bits per heavy atom. The summed E-state index contributed by atoms with van der Waals surface area (Å²) >= 11 is 0. The molecule has 0 aromatic heterocycles. The first kappa shape index (κ1) is 19.2. The minimum absolute atomic E-state index is 0.107.